The van der Waals surface area contributed by atoms with Gasteiger partial charge in [0.05, 0.1) is 39.8 Å². The summed E-state index contributed by atoms with van der Waals surface area (Å²) < 4.78 is 17.4. The zero-order valence-corrected chi connectivity index (χ0v) is 46.8. The van der Waals surface area contributed by atoms with Gasteiger partial charge < -0.3 is 18.1 Å². The molecule has 9 aromatic carbocycles. The van der Waals surface area contributed by atoms with Crippen molar-refractivity contribution in [1.29, 1.82) is 0 Å². The molecule has 0 bridgehead atoms. The van der Waals surface area contributed by atoms with Crippen LogP contribution < -0.4 is 4.74 Å². The molecule has 13 rings (SSSR count). The van der Waals surface area contributed by atoms with Gasteiger partial charge in [0.25, 0.3) is 0 Å². The first-order valence-corrected chi connectivity index (χ1v) is 26.7. The molecule has 0 unspecified atom stereocenters. The summed E-state index contributed by atoms with van der Waals surface area (Å²) in [7, 11) is 0. The number of para-hydroxylation sites is 2. The number of ether oxygens (including phenoxy) is 1. The second-order valence-electron chi connectivity index (χ2n) is 21.6. The van der Waals surface area contributed by atoms with Gasteiger partial charge in [0, 0.05) is 28.1 Å². The molecule has 0 aliphatic carbocycles. The summed E-state index contributed by atoms with van der Waals surface area (Å²) in [5.74, 6) is 3.01. The van der Waals surface area contributed by atoms with Crippen molar-refractivity contribution in [3.63, 3.8) is 0 Å². The molecule has 0 aliphatic rings. The molecular weight excluding hydrogens is 1120 g/mol. The third-order valence-corrected chi connectivity index (χ3v) is 15.3. The van der Waals surface area contributed by atoms with E-state index in [-0.39, 0.29) is 32.9 Å². The number of nitrogens with zero attached hydrogens (tertiary/aromatic N) is 4. The Kier molecular flexibility index (Phi) is 12.8. The van der Waals surface area contributed by atoms with Gasteiger partial charge in [0.1, 0.15) is 5.58 Å². The first-order chi connectivity index (χ1) is 37.0. The van der Waals surface area contributed by atoms with Crippen LogP contribution in [0.2, 0.25) is 0 Å². The minimum Gasteiger partial charge on any atom is -0.497 e. The van der Waals surface area contributed by atoms with Crippen LogP contribution in [-0.2, 0) is 21.1 Å². The van der Waals surface area contributed by atoms with Gasteiger partial charge in [-0.15, -0.1) is 29.8 Å². The molecular formula is C70H58N4O2Pt. The molecule has 7 heteroatoms. The van der Waals surface area contributed by atoms with E-state index >= 15 is 0 Å². The molecule has 4 heterocycles. The number of hydrogen-bond donors (Lipinski definition) is 0. The van der Waals surface area contributed by atoms with E-state index in [4.69, 9.17) is 19.1 Å². The Balaban J connectivity index is 0.00000596. The van der Waals surface area contributed by atoms with E-state index < -0.39 is 0 Å². The topological polar surface area (TPSA) is 57.5 Å². The maximum Gasteiger partial charge on any atom is 2.00 e. The summed E-state index contributed by atoms with van der Waals surface area (Å²) in [6.45, 7) is 18.4. The number of pyridine rings is 1. The van der Waals surface area contributed by atoms with Gasteiger partial charge >= 0.3 is 21.1 Å². The first kappa shape index (κ1) is 49.8. The van der Waals surface area contributed by atoms with Crippen LogP contribution >= 0.6 is 0 Å². The van der Waals surface area contributed by atoms with Gasteiger partial charge in [-0.3, -0.25) is 9.97 Å². The smallest absolute Gasteiger partial charge is 0.497 e. The molecule has 0 spiro atoms. The van der Waals surface area contributed by atoms with E-state index in [1.807, 2.05) is 24.3 Å². The fourth-order valence-electron chi connectivity index (χ4n) is 11.6. The molecule has 0 radical (unpaired) electrons. The van der Waals surface area contributed by atoms with Gasteiger partial charge in [-0.05, 0) is 133 Å². The molecule has 0 aliphatic heterocycles. The number of imidazole rings is 2. The quantitative estimate of drug-likeness (QED) is 0.0956. The van der Waals surface area contributed by atoms with Crippen molar-refractivity contribution in [2.75, 3.05) is 0 Å². The van der Waals surface area contributed by atoms with Gasteiger partial charge in [0.2, 0.25) is 0 Å². The van der Waals surface area contributed by atoms with Crippen molar-refractivity contribution in [1.82, 2.24) is 18.9 Å². The zero-order chi connectivity index (χ0) is 51.9. The summed E-state index contributed by atoms with van der Waals surface area (Å²) in [6, 6.07) is 70.2. The van der Waals surface area contributed by atoms with Gasteiger partial charge in [-0.2, -0.15) is 0 Å². The number of hydrogen-bond acceptors (Lipinski definition) is 4. The number of aromatic nitrogens is 4. The van der Waals surface area contributed by atoms with Gasteiger partial charge in [0.15, 0.2) is 0 Å². The minimum atomic E-state index is 0. The number of rotatable bonds is 11. The Labute approximate surface area is 464 Å². The van der Waals surface area contributed by atoms with Crippen LogP contribution in [0.4, 0.5) is 0 Å². The van der Waals surface area contributed by atoms with E-state index in [0.717, 1.165) is 71.7 Å². The number of fused-ring (bicyclic) bond motifs is 11. The van der Waals surface area contributed by atoms with Crippen LogP contribution in [0.25, 0.3) is 111 Å². The van der Waals surface area contributed by atoms with Crippen molar-refractivity contribution in [2.24, 2.45) is 0 Å². The predicted molar refractivity (Wildman–Crippen MR) is 314 cm³/mol. The predicted octanol–water partition coefficient (Wildman–Crippen LogP) is 19.4. The fourth-order valence-corrected chi connectivity index (χ4v) is 11.6. The summed E-state index contributed by atoms with van der Waals surface area (Å²) in [4.78, 5) is 10.8. The van der Waals surface area contributed by atoms with Crippen molar-refractivity contribution in [3.8, 4) is 62.0 Å². The zero-order valence-electron chi connectivity index (χ0n) is 44.6. The van der Waals surface area contributed by atoms with E-state index in [1.165, 1.54) is 61.3 Å². The Morgan fingerprint density at radius 1 is 0.468 bits per heavy atom. The largest absolute Gasteiger partial charge is 2.00 e. The summed E-state index contributed by atoms with van der Waals surface area (Å²) in [5, 5.41) is 3.98. The number of furan rings is 1. The summed E-state index contributed by atoms with van der Waals surface area (Å²) in [5.41, 5.74) is 21.1. The summed E-state index contributed by atoms with van der Waals surface area (Å²) >= 11 is 0. The van der Waals surface area contributed by atoms with E-state index in [2.05, 4.69) is 228 Å². The Morgan fingerprint density at radius 2 is 1.08 bits per heavy atom. The van der Waals surface area contributed by atoms with Crippen molar-refractivity contribution < 1.29 is 30.2 Å². The van der Waals surface area contributed by atoms with E-state index in [0.29, 0.717) is 23.3 Å². The second-order valence-corrected chi connectivity index (χ2v) is 21.6. The van der Waals surface area contributed by atoms with Crippen LogP contribution in [0.3, 0.4) is 0 Å². The molecule has 380 valence electrons. The van der Waals surface area contributed by atoms with Crippen LogP contribution in [0, 0.1) is 12.1 Å². The maximum atomic E-state index is 6.84. The normalized spacial score (nSPS) is 12.0. The van der Waals surface area contributed by atoms with Crippen molar-refractivity contribution in [2.45, 2.75) is 79.1 Å². The van der Waals surface area contributed by atoms with Gasteiger partial charge in [-0.25, -0.2) is 0 Å². The second kappa shape index (κ2) is 19.8. The standard InChI is InChI=1S/C70H58N4O2.Pt/c1-41(2)56-35-49(45-18-11-9-12-19-45)36-57(42(3)4)66(56)47-26-28-54-53-29-27-52(40-60(53)70-72-67-55-32-33-75-65(55)31-30-63(67)73(70)64(54)39-47)76-51-23-17-22-48(34-51)69-71-61-24-15-16-25-62(61)74(69)68-58(43(5)6)37-50(38-59(68)44(7)8)46-20-13-10-14-21-46;/h9-33,35-39,41-44H,1-8H3;/q-2;+2. The first-order valence-electron chi connectivity index (χ1n) is 26.7. The average molecular weight is 1180 g/mol. The Hall–Kier alpha value is -8.05. The molecule has 6 nitrogen and oxygen atoms in total. The van der Waals surface area contributed by atoms with Crippen LogP contribution in [0.15, 0.2) is 187 Å². The third-order valence-electron chi connectivity index (χ3n) is 15.3. The molecule has 4 aromatic heterocycles. The minimum absolute atomic E-state index is 0. The molecule has 0 amide bonds. The van der Waals surface area contributed by atoms with Crippen molar-refractivity contribution in [3.05, 3.63) is 217 Å². The van der Waals surface area contributed by atoms with E-state index in [1.54, 1.807) is 6.26 Å². The summed E-state index contributed by atoms with van der Waals surface area (Å²) in [6.07, 6.45) is 1.74. The SMILES string of the molecule is CC(C)c1cc(-c2ccccc2)cc(C(C)C)c1-c1ccc2c3ccc(Oc4[c-]c(-c5nc6ccccc6n5-c5c(C(C)C)cc(-c6ccccc6)cc5C(C)C)ccc4)[c-]c3c3nc4c5ccoc5ccc4n3c2c1.[Pt+2]. The Bertz CT molecular complexity index is 4330. The fraction of sp³-hybridized carbons (Fsp3) is 0.171. The molecule has 0 N–H and O–H groups in total. The monoisotopic (exact) mass is 1180 g/mol. The van der Waals surface area contributed by atoms with Crippen LogP contribution in [-0.4, -0.2) is 18.9 Å². The maximum absolute atomic E-state index is 6.84. The van der Waals surface area contributed by atoms with Crippen LogP contribution in [0.1, 0.15) is 101 Å². The molecule has 0 fully saturated rings. The third kappa shape index (κ3) is 8.55. The van der Waals surface area contributed by atoms with E-state index in [9.17, 15) is 0 Å². The van der Waals surface area contributed by atoms with Crippen LogP contribution in [0.5, 0.6) is 11.5 Å². The van der Waals surface area contributed by atoms with Gasteiger partial charge in [-0.1, -0.05) is 181 Å². The molecule has 13 aromatic rings. The molecule has 0 saturated heterocycles. The number of benzene rings is 9. The Morgan fingerprint density at radius 3 is 1.74 bits per heavy atom. The average Bonchev–Trinajstić information content (AvgIpc) is 4.41. The van der Waals surface area contributed by atoms with Crippen molar-refractivity contribution >= 4 is 60.4 Å². The molecule has 77 heavy (non-hydrogen) atoms. The molecule has 0 saturated carbocycles. The molecule has 0 atom stereocenters.